The van der Waals surface area contributed by atoms with E-state index in [1.165, 1.54) is 12.8 Å². The number of piperidine rings is 2. The van der Waals surface area contributed by atoms with Crippen LogP contribution in [0.2, 0.25) is 0 Å². The van der Waals surface area contributed by atoms with Gasteiger partial charge in [0.2, 0.25) is 5.91 Å². The van der Waals surface area contributed by atoms with Crippen LogP contribution in [0, 0.1) is 35.0 Å². The van der Waals surface area contributed by atoms with E-state index in [4.69, 9.17) is 16.3 Å². The number of hydrogen-bond acceptors (Lipinski definition) is 4. The molecule has 0 aromatic heterocycles. The molecule has 0 spiro atoms. The molecule has 5 unspecified atom stereocenters. The van der Waals surface area contributed by atoms with Crippen molar-refractivity contribution in [1.29, 1.82) is 0 Å². The number of rotatable bonds is 9. The lowest BCUT2D eigenvalue weighted by Crippen LogP contribution is -2.55. The third-order valence-corrected chi connectivity index (χ3v) is 8.57. The van der Waals surface area contributed by atoms with Crippen molar-refractivity contribution < 1.29 is 9.53 Å². The first kappa shape index (κ1) is 27.0. The molecule has 2 aliphatic heterocycles. The molecule has 3 rings (SSSR count). The maximum absolute atomic E-state index is 13.2. The molecule has 0 bridgehead atoms. The van der Waals surface area contributed by atoms with Crippen LogP contribution in [0.5, 0.6) is 0 Å². The highest BCUT2D eigenvalue weighted by Crippen LogP contribution is 2.43. The third-order valence-electron chi connectivity index (χ3n) is 8.21. The predicted octanol–water partition coefficient (Wildman–Crippen LogP) is 4.31. The molecule has 33 heavy (non-hydrogen) atoms. The number of carbonyl (C=O) groups is 1. The molecule has 2 saturated heterocycles. The normalized spacial score (nSPS) is 33.7. The van der Waals surface area contributed by atoms with Gasteiger partial charge in [0.05, 0.1) is 17.9 Å². The number of ether oxygens (including phenoxy) is 1. The predicted molar refractivity (Wildman–Crippen MR) is 138 cm³/mol. The third kappa shape index (κ3) is 7.68. The number of hydrogen-bond donors (Lipinski definition) is 2. The Morgan fingerprint density at radius 1 is 1.24 bits per heavy atom. The van der Waals surface area contributed by atoms with Crippen LogP contribution in [0.25, 0.3) is 0 Å². The van der Waals surface area contributed by atoms with Crippen LogP contribution in [0.1, 0.15) is 60.3 Å². The Bertz CT molecular complexity index is 653. The minimum Gasteiger partial charge on any atom is -0.381 e. The molecule has 190 valence electrons. The molecule has 0 radical (unpaired) electrons. The van der Waals surface area contributed by atoms with E-state index in [1.807, 2.05) is 6.92 Å². The van der Waals surface area contributed by atoms with E-state index in [0.717, 1.165) is 58.8 Å². The molecular weight excluding hydrogens is 434 g/mol. The molecule has 2 N–H and O–H groups in total. The Kier molecular flexibility index (Phi) is 10.1. The van der Waals surface area contributed by atoms with Crippen molar-refractivity contribution in [3.63, 3.8) is 0 Å². The summed E-state index contributed by atoms with van der Waals surface area (Å²) in [5.41, 5.74) is 0.262. The van der Waals surface area contributed by atoms with Crippen LogP contribution in [0.15, 0.2) is 12.2 Å². The Labute approximate surface area is 207 Å². The van der Waals surface area contributed by atoms with E-state index in [1.54, 1.807) is 0 Å². The first-order valence-electron chi connectivity index (χ1n) is 13.3. The van der Waals surface area contributed by atoms with Crippen molar-refractivity contribution in [1.82, 2.24) is 15.5 Å². The van der Waals surface area contributed by atoms with Gasteiger partial charge in [-0.05, 0) is 68.2 Å². The van der Waals surface area contributed by atoms with Crippen LogP contribution < -0.4 is 10.6 Å². The number of amides is 1. The van der Waals surface area contributed by atoms with Gasteiger partial charge in [-0.25, -0.2) is 0 Å². The average molecular weight is 482 g/mol. The van der Waals surface area contributed by atoms with E-state index in [2.05, 4.69) is 55.4 Å². The molecule has 1 amide bonds. The Morgan fingerprint density at radius 3 is 2.67 bits per heavy atom. The summed E-state index contributed by atoms with van der Waals surface area (Å²) < 4.78 is 5.61. The van der Waals surface area contributed by atoms with Crippen LogP contribution >= 0.6 is 11.6 Å². The van der Waals surface area contributed by atoms with E-state index < -0.39 is 0 Å². The van der Waals surface area contributed by atoms with Crippen molar-refractivity contribution in [3.8, 4) is 0 Å². The second kappa shape index (κ2) is 12.4. The summed E-state index contributed by atoms with van der Waals surface area (Å²) >= 11 is 6.29. The van der Waals surface area contributed by atoms with Crippen molar-refractivity contribution in [3.05, 3.63) is 12.2 Å². The number of alkyl halides is 1. The fourth-order valence-corrected chi connectivity index (χ4v) is 6.43. The summed E-state index contributed by atoms with van der Waals surface area (Å²) in [7, 11) is 0. The number of nitrogens with zero attached hydrogens (tertiary/aromatic N) is 1. The molecule has 0 aromatic carbocycles. The summed E-state index contributed by atoms with van der Waals surface area (Å²) in [5.74, 6) is 2.44. The summed E-state index contributed by atoms with van der Waals surface area (Å²) in [5, 5.41) is 7.09. The van der Waals surface area contributed by atoms with E-state index in [0.29, 0.717) is 23.7 Å². The standard InChI is InChI=1S/C27H48ClN3O2/c1-6-33-17-20-13-22(15-29-14-20)26(32)30-25(19(2)3)16-31-12-11-24(27(4,5)18-31)21-7-9-23(28)10-8-21/h7,9,19-25,29H,6,8,10-18H2,1-5H3,(H,30,32)/t20?,21?,22?,23?,24?,25-/m0/s1. The van der Waals surface area contributed by atoms with Crippen molar-refractivity contribution in [2.24, 2.45) is 35.0 Å². The zero-order chi connectivity index (χ0) is 24.0. The summed E-state index contributed by atoms with van der Waals surface area (Å²) in [6, 6.07) is 0.184. The van der Waals surface area contributed by atoms with Gasteiger partial charge in [-0.2, -0.15) is 0 Å². The molecule has 5 nitrogen and oxygen atoms in total. The Hall–Kier alpha value is -0.620. The maximum Gasteiger partial charge on any atom is 0.224 e. The molecule has 0 aromatic rings. The second-order valence-corrected chi connectivity index (χ2v) is 12.3. The number of allylic oxidation sites excluding steroid dienone is 2. The maximum atomic E-state index is 13.2. The van der Waals surface area contributed by atoms with Gasteiger partial charge in [0, 0.05) is 38.8 Å². The van der Waals surface area contributed by atoms with Crippen molar-refractivity contribution in [2.75, 3.05) is 45.9 Å². The first-order chi connectivity index (χ1) is 15.7. The van der Waals surface area contributed by atoms with Crippen LogP contribution in [-0.4, -0.2) is 68.2 Å². The molecule has 6 heteroatoms. The fourth-order valence-electron chi connectivity index (χ4n) is 6.22. The smallest absolute Gasteiger partial charge is 0.224 e. The van der Waals surface area contributed by atoms with Gasteiger partial charge in [-0.15, -0.1) is 11.6 Å². The average Bonchev–Trinajstić information content (AvgIpc) is 2.77. The minimum atomic E-state index is 0.0384. The molecule has 0 saturated carbocycles. The van der Waals surface area contributed by atoms with Crippen LogP contribution in [0.4, 0.5) is 0 Å². The van der Waals surface area contributed by atoms with E-state index in [9.17, 15) is 4.79 Å². The summed E-state index contributed by atoms with van der Waals surface area (Å²) in [6.07, 6.45) is 9.05. The Morgan fingerprint density at radius 2 is 2.03 bits per heavy atom. The number of halogens is 1. The zero-order valence-electron chi connectivity index (χ0n) is 21.6. The Balaban J connectivity index is 1.53. The van der Waals surface area contributed by atoms with Crippen LogP contribution in [0.3, 0.4) is 0 Å². The highest BCUT2D eigenvalue weighted by atomic mass is 35.5. The lowest BCUT2D eigenvalue weighted by Gasteiger charge is -2.48. The minimum absolute atomic E-state index is 0.0384. The largest absolute Gasteiger partial charge is 0.381 e. The molecule has 1 aliphatic carbocycles. The summed E-state index contributed by atoms with van der Waals surface area (Å²) in [6.45, 7) is 17.7. The van der Waals surface area contributed by atoms with Crippen molar-refractivity contribution in [2.45, 2.75) is 71.7 Å². The quantitative estimate of drug-likeness (QED) is 0.380. The molecule has 2 heterocycles. The monoisotopic (exact) mass is 481 g/mol. The van der Waals surface area contributed by atoms with Gasteiger partial charge in [0.15, 0.2) is 0 Å². The van der Waals surface area contributed by atoms with Gasteiger partial charge < -0.3 is 20.3 Å². The summed E-state index contributed by atoms with van der Waals surface area (Å²) in [4.78, 5) is 15.8. The van der Waals surface area contributed by atoms with Gasteiger partial charge >= 0.3 is 0 Å². The lowest BCUT2D eigenvalue weighted by molar-refractivity contribution is -0.127. The number of nitrogens with one attached hydrogen (secondary N) is 2. The second-order valence-electron chi connectivity index (χ2n) is 11.7. The van der Waals surface area contributed by atoms with Gasteiger partial charge in [0.25, 0.3) is 0 Å². The molecule has 6 atom stereocenters. The first-order valence-corrected chi connectivity index (χ1v) is 13.8. The highest BCUT2D eigenvalue weighted by molar-refractivity contribution is 6.21. The van der Waals surface area contributed by atoms with E-state index >= 15 is 0 Å². The molecule has 2 fully saturated rings. The van der Waals surface area contributed by atoms with E-state index in [-0.39, 0.29) is 28.7 Å². The lowest BCUT2D eigenvalue weighted by atomic mass is 9.65. The fraction of sp³-hybridized carbons (Fsp3) is 0.889. The number of carbonyl (C=O) groups excluding carboxylic acids is 1. The number of likely N-dealkylation sites (tertiary alicyclic amines) is 1. The van der Waals surface area contributed by atoms with Crippen LogP contribution in [-0.2, 0) is 9.53 Å². The zero-order valence-corrected chi connectivity index (χ0v) is 22.4. The SMILES string of the molecule is CCOCC1CNCC(C(=O)N[C@@H](CN2CCC(C3C=CC(Cl)CC3)C(C)(C)C2)C(C)C)C1. The topological polar surface area (TPSA) is 53.6 Å². The van der Waals surface area contributed by atoms with Crippen molar-refractivity contribution >= 4 is 17.5 Å². The van der Waals surface area contributed by atoms with Gasteiger partial charge in [-0.3, -0.25) is 4.79 Å². The molecular formula is C27H48ClN3O2. The van der Waals surface area contributed by atoms with Gasteiger partial charge in [0.1, 0.15) is 0 Å². The highest BCUT2D eigenvalue weighted by Gasteiger charge is 2.40. The molecule has 3 aliphatic rings. The van der Waals surface area contributed by atoms with Gasteiger partial charge in [-0.1, -0.05) is 39.8 Å².